The van der Waals surface area contributed by atoms with Crippen LogP contribution in [0.3, 0.4) is 0 Å². The molecule has 3 rings (SSSR count). The Hall–Kier alpha value is -2.38. The Morgan fingerprint density at radius 2 is 1.92 bits per heavy atom. The van der Waals surface area contributed by atoms with Crippen molar-refractivity contribution in [3.8, 4) is 0 Å². The highest BCUT2D eigenvalue weighted by molar-refractivity contribution is 5.95. The fraction of sp³-hybridized carbons (Fsp3) is 0.474. The van der Waals surface area contributed by atoms with E-state index in [0.29, 0.717) is 17.8 Å². The van der Waals surface area contributed by atoms with Crippen molar-refractivity contribution in [1.82, 2.24) is 20.4 Å². The van der Waals surface area contributed by atoms with Crippen LogP contribution >= 0.6 is 0 Å². The molecule has 2 aliphatic heterocycles. The number of nitrogens with zero attached hydrogens (tertiary/aromatic N) is 2. The number of rotatable bonds is 4. The molecule has 2 N–H and O–H groups in total. The van der Waals surface area contributed by atoms with Gasteiger partial charge in [0.1, 0.15) is 0 Å². The number of carbonyl (C=O) groups excluding carboxylic acids is 2. The molecule has 1 atom stereocenters. The highest BCUT2D eigenvalue weighted by atomic mass is 16.5. The number of methoxy groups -OCH3 is 1. The van der Waals surface area contributed by atoms with Gasteiger partial charge in [-0.2, -0.15) is 0 Å². The molecule has 0 aromatic heterocycles. The number of nitrogens with one attached hydrogen (secondary N) is 2. The SMILES string of the molecule is COC(=O)C1=C(CN2CCN(C)CC2)NC(=O)N[C@H]1c1ccccc1C. The first-order valence-corrected chi connectivity index (χ1v) is 8.85. The summed E-state index contributed by atoms with van der Waals surface area (Å²) in [5, 5.41) is 5.71. The second kappa shape index (κ2) is 7.88. The van der Waals surface area contributed by atoms with Gasteiger partial charge >= 0.3 is 12.0 Å². The van der Waals surface area contributed by atoms with Gasteiger partial charge in [-0.25, -0.2) is 9.59 Å². The normalized spacial score (nSPS) is 22.0. The van der Waals surface area contributed by atoms with E-state index in [1.807, 2.05) is 31.2 Å². The third-order valence-electron chi connectivity index (χ3n) is 5.04. The van der Waals surface area contributed by atoms with E-state index in [1.54, 1.807) is 0 Å². The van der Waals surface area contributed by atoms with E-state index >= 15 is 0 Å². The first-order chi connectivity index (χ1) is 12.5. The Bertz CT molecular complexity index is 723. The third kappa shape index (κ3) is 3.89. The van der Waals surface area contributed by atoms with Crippen LogP contribution in [-0.2, 0) is 9.53 Å². The van der Waals surface area contributed by atoms with Crippen molar-refractivity contribution in [3.05, 3.63) is 46.7 Å². The quantitative estimate of drug-likeness (QED) is 0.787. The summed E-state index contributed by atoms with van der Waals surface area (Å²) in [4.78, 5) is 29.4. The Labute approximate surface area is 154 Å². The first-order valence-electron chi connectivity index (χ1n) is 8.85. The number of likely N-dealkylation sites (N-methyl/N-ethyl adjacent to an activating group) is 1. The number of esters is 1. The van der Waals surface area contributed by atoms with Gasteiger partial charge in [-0.15, -0.1) is 0 Å². The van der Waals surface area contributed by atoms with Crippen LogP contribution in [0.5, 0.6) is 0 Å². The van der Waals surface area contributed by atoms with Crippen LogP contribution in [0.25, 0.3) is 0 Å². The number of urea groups is 1. The van der Waals surface area contributed by atoms with Crippen LogP contribution in [0, 0.1) is 6.92 Å². The van der Waals surface area contributed by atoms with E-state index in [2.05, 4.69) is 27.5 Å². The van der Waals surface area contributed by atoms with E-state index in [1.165, 1.54) is 7.11 Å². The number of piperazine rings is 1. The monoisotopic (exact) mass is 358 g/mol. The van der Waals surface area contributed by atoms with E-state index in [4.69, 9.17) is 4.74 Å². The van der Waals surface area contributed by atoms with Crippen LogP contribution in [-0.4, -0.2) is 68.7 Å². The maximum atomic E-state index is 12.6. The van der Waals surface area contributed by atoms with Crippen molar-refractivity contribution >= 4 is 12.0 Å². The number of carbonyl (C=O) groups is 2. The minimum absolute atomic E-state index is 0.296. The van der Waals surface area contributed by atoms with Crippen LogP contribution in [0.15, 0.2) is 35.5 Å². The van der Waals surface area contributed by atoms with Gasteiger partial charge in [0, 0.05) is 38.4 Å². The van der Waals surface area contributed by atoms with Gasteiger partial charge < -0.3 is 20.3 Å². The number of ether oxygens (including phenoxy) is 1. The van der Waals surface area contributed by atoms with Gasteiger partial charge in [0.25, 0.3) is 0 Å². The summed E-state index contributed by atoms with van der Waals surface area (Å²) in [6.45, 7) is 6.22. The summed E-state index contributed by atoms with van der Waals surface area (Å²) in [6, 6.07) is 6.94. The summed E-state index contributed by atoms with van der Waals surface area (Å²) >= 11 is 0. The topological polar surface area (TPSA) is 73.9 Å². The van der Waals surface area contributed by atoms with Gasteiger partial charge in [0.15, 0.2) is 0 Å². The first kappa shape index (κ1) is 18.4. The largest absolute Gasteiger partial charge is 0.466 e. The predicted octanol–water partition coefficient (Wildman–Crippen LogP) is 1.02. The lowest BCUT2D eigenvalue weighted by atomic mass is 9.92. The van der Waals surface area contributed by atoms with E-state index in [9.17, 15) is 9.59 Å². The lowest BCUT2D eigenvalue weighted by Gasteiger charge is -2.35. The minimum atomic E-state index is -0.514. The molecule has 0 unspecified atom stereocenters. The van der Waals surface area contributed by atoms with Crippen molar-refractivity contribution in [3.63, 3.8) is 0 Å². The Morgan fingerprint density at radius 1 is 1.23 bits per heavy atom. The van der Waals surface area contributed by atoms with Gasteiger partial charge in [-0.1, -0.05) is 24.3 Å². The van der Waals surface area contributed by atoms with Gasteiger partial charge in [0.2, 0.25) is 0 Å². The van der Waals surface area contributed by atoms with Crippen molar-refractivity contribution in [2.45, 2.75) is 13.0 Å². The maximum absolute atomic E-state index is 12.6. The third-order valence-corrected chi connectivity index (χ3v) is 5.04. The molecule has 1 aromatic rings. The molecular weight excluding hydrogens is 332 g/mol. The van der Waals surface area contributed by atoms with Gasteiger partial charge in [0.05, 0.1) is 18.7 Å². The lowest BCUT2D eigenvalue weighted by molar-refractivity contribution is -0.136. The lowest BCUT2D eigenvalue weighted by Crippen LogP contribution is -2.51. The number of hydrogen-bond acceptors (Lipinski definition) is 5. The summed E-state index contributed by atoms with van der Waals surface area (Å²) < 4.78 is 5.04. The van der Waals surface area contributed by atoms with Crippen LogP contribution in [0.4, 0.5) is 4.79 Å². The molecule has 0 saturated carbocycles. The minimum Gasteiger partial charge on any atom is -0.466 e. The summed E-state index contributed by atoms with van der Waals surface area (Å²) in [6.07, 6.45) is 0. The molecule has 1 saturated heterocycles. The van der Waals surface area contributed by atoms with Crippen LogP contribution in [0.1, 0.15) is 17.2 Å². The summed E-state index contributed by atoms with van der Waals surface area (Å²) in [5.74, 6) is -0.421. The number of amides is 2. The smallest absolute Gasteiger partial charge is 0.338 e. The molecule has 2 amide bonds. The van der Waals surface area contributed by atoms with E-state index < -0.39 is 12.0 Å². The highest BCUT2D eigenvalue weighted by Crippen LogP contribution is 2.30. The maximum Gasteiger partial charge on any atom is 0.338 e. The van der Waals surface area contributed by atoms with Gasteiger partial charge in [-0.05, 0) is 25.1 Å². The molecule has 1 aromatic carbocycles. The van der Waals surface area contributed by atoms with Crippen molar-refractivity contribution in [2.24, 2.45) is 0 Å². The average molecular weight is 358 g/mol. The van der Waals surface area contributed by atoms with E-state index in [-0.39, 0.29) is 6.03 Å². The molecule has 7 nitrogen and oxygen atoms in total. The Kier molecular flexibility index (Phi) is 5.58. The molecule has 0 bridgehead atoms. The number of benzene rings is 1. The molecule has 0 aliphatic carbocycles. The molecule has 2 heterocycles. The predicted molar refractivity (Wildman–Crippen MR) is 98.6 cm³/mol. The standard InChI is InChI=1S/C19H26N4O3/c1-13-6-4-5-7-14(13)17-16(18(24)26-3)15(20-19(25)21-17)12-23-10-8-22(2)9-11-23/h4-7,17H,8-12H2,1-3H3,(H2,20,21,25)/t17-/m0/s1. The Morgan fingerprint density at radius 3 is 2.58 bits per heavy atom. The summed E-state index contributed by atoms with van der Waals surface area (Å²) in [7, 11) is 3.46. The molecule has 2 aliphatic rings. The fourth-order valence-corrected chi connectivity index (χ4v) is 3.47. The zero-order valence-corrected chi connectivity index (χ0v) is 15.5. The van der Waals surface area contributed by atoms with Crippen LogP contribution in [0.2, 0.25) is 0 Å². The van der Waals surface area contributed by atoms with E-state index in [0.717, 1.165) is 37.3 Å². The zero-order valence-electron chi connectivity index (χ0n) is 15.5. The number of aryl methyl sites for hydroxylation is 1. The second-order valence-electron chi connectivity index (χ2n) is 6.85. The molecule has 7 heteroatoms. The summed E-state index contributed by atoms with van der Waals surface area (Å²) in [5.41, 5.74) is 3.01. The Balaban J connectivity index is 1.96. The molecule has 1 fully saturated rings. The zero-order chi connectivity index (χ0) is 18.7. The highest BCUT2D eigenvalue weighted by Gasteiger charge is 2.34. The van der Waals surface area contributed by atoms with Crippen molar-refractivity contribution in [1.29, 1.82) is 0 Å². The average Bonchev–Trinajstić information content (AvgIpc) is 2.63. The molecule has 140 valence electrons. The molecule has 0 spiro atoms. The molecule has 0 radical (unpaired) electrons. The number of hydrogen-bond donors (Lipinski definition) is 2. The van der Waals surface area contributed by atoms with Crippen LogP contribution < -0.4 is 10.6 Å². The molecular formula is C19H26N4O3. The molecule has 26 heavy (non-hydrogen) atoms. The van der Waals surface area contributed by atoms with Gasteiger partial charge in [-0.3, -0.25) is 4.90 Å². The van der Waals surface area contributed by atoms with Crippen molar-refractivity contribution in [2.75, 3.05) is 46.9 Å². The fourth-order valence-electron chi connectivity index (χ4n) is 3.47. The van der Waals surface area contributed by atoms with Crippen molar-refractivity contribution < 1.29 is 14.3 Å². The second-order valence-corrected chi connectivity index (χ2v) is 6.85.